The quantitative estimate of drug-likeness (QED) is 0.0598. The smallest absolute Gasteiger partial charge is 0.219 e. The molecule has 0 rings (SSSR count). The monoisotopic (exact) mass is 901 g/mol. The van der Waals surface area contributed by atoms with Gasteiger partial charge in [-0.25, -0.2) is 0 Å². The summed E-state index contributed by atoms with van der Waals surface area (Å²) in [5, 5.41) is 6.28. The molecule has 0 heterocycles. The van der Waals surface area contributed by atoms with E-state index in [1.165, 1.54) is 308 Å². The fraction of sp³-hybridized carbons (Fsp3) is 0.967. The van der Waals surface area contributed by atoms with Crippen molar-refractivity contribution >= 4 is 11.8 Å². The van der Waals surface area contributed by atoms with Crippen LogP contribution in [-0.2, 0) is 9.59 Å². The highest BCUT2D eigenvalue weighted by molar-refractivity contribution is 5.76. The first-order chi connectivity index (χ1) is 31.7. The molecule has 382 valence electrons. The van der Waals surface area contributed by atoms with Gasteiger partial charge in [0, 0.05) is 25.9 Å². The second-order valence-corrected chi connectivity index (χ2v) is 20.9. The van der Waals surface area contributed by atoms with E-state index < -0.39 is 0 Å². The van der Waals surface area contributed by atoms with Crippen LogP contribution in [-0.4, -0.2) is 24.9 Å². The first-order valence-electron chi connectivity index (χ1n) is 30.2. The number of rotatable bonds is 57. The van der Waals surface area contributed by atoms with Crippen LogP contribution in [0.2, 0.25) is 0 Å². The summed E-state index contributed by atoms with van der Waals surface area (Å²) in [7, 11) is 0. The van der Waals surface area contributed by atoms with Gasteiger partial charge in [0.05, 0.1) is 0 Å². The van der Waals surface area contributed by atoms with Gasteiger partial charge in [0.15, 0.2) is 0 Å². The molecular formula is C60H120N2O2. The SMILES string of the molecule is CCCCCCCCCCCCCCCCCCCCCCCCCC(=O)NCCCCCCCCNC(=O)CCCCCCCCCCCCCCCCCCCCCCCCC. The van der Waals surface area contributed by atoms with Gasteiger partial charge in [0.2, 0.25) is 11.8 Å². The maximum Gasteiger partial charge on any atom is 0.219 e. The van der Waals surface area contributed by atoms with E-state index >= 15 is 0 Å². The lowest BCUT2D eigenvalue weighted by molar-refractivity contribution is -0.122. The minimum Gasteiger partial charge on any atom is -0.356 e. The fourth-order valence-electron chi connectivity index (χ4n) is 9.73. The van der Waals surface area contributed by atoms with E-state index in [9.17, 15) is 9.59 Å². The fourth-order valence-corrected chi connectivity index (χ4v) is 9.73. The van der Waals surface area contributed by atoms with Gasteiger partial charge in [-0.1, -0.05) is 322 Å². The Balaban J connectivity index is 3.21. The minimum absolute atomic E-state index is 0.245. The van der Waals surface area contributed by atoms with Crippen molar-refractivity contribution in [2.24, 2.45) is 0 Å². The molecule has 0 atom stereocenters. The van der Waals surface area contributed by atoms with Gasteiger partial charge in [0.25, 0.3) is 0 Å². The highest BCUT2D eigenvalue weighted by Crippen LogP contribution is 2.18. The Morgan fingerprint density at radius 1 is 0.203 bits per heavy atom. The van der Waals surface area contributed by atoms with E-state index in [-0.39, 0.29) is 11.8 Å². The van der Waals surface area contributed by atoms with Crippen LogP contribution in [0.25, 0.3) is 0 Å². The van der Waals surface area contributed by atoms with Crippen molar-refractivity contribution < 1.29 is 9.59 Å². The normalized spacial score (nSPS) is 11.5. The van der Waals surface area contributed by atoms with Crippen molar-refractivity contribution in [2.45, 2.75) is 361 Å². The molecule has 0 saturated carbocycles. The third-order valence-electron chi connectivity index (χ3n) is 14.3. The summed E-state index contributed by atoms with van der Waals surface area (Å²) in [5.41, 5.74) is 0. The molecule has 0 fully saturated rings. The zero-order chi connectivity index (χ0) is 46.2. The summed E-state index contributed by atoms with van der Waals surface area (Å²) in [5.74, 6) is 0.491. The first-order valence-corrected chi connectivity index (χ1v) is 30.2. The Morgan fingerprint density at radius 3 is 0.516 bits per heavy atom. The summed E-state index contributed by atoms with van der Waals surface area (Å²) in [6, 6.07) is 0. The highest BCUT2D eigenvalue weighted by atomic mass is 16.2. The van der Waals surface area contributed by atoms with Gasteiger partial charge >= 0.3 is 0 Å². The molecule has 2 amide bonds. The van der Waals surface area contributed by atoms with Gasteiger partial charge in [-0.3, -0.25) is 9.59 Å². The van der Waals surface area contributed by atoms with Gasteiger partial charge in [-0.05, 0) is 25.7 Å². The maximum atomic E-state index is 12.2. The second kappa shape index (κ2) is 58.1. The standard InChI is InChI=1S/C60H120N2O2/c1-3-5-7-9-11-13-15-17-19-21-23-25-27-29-31-33-35-37-39-41-43-47-51-55-59(63)61-57-53-49-45-46-50-54-58-62-60(64)56-52-48-44-42-40-38-36-34-32-30-28-26-24-22-20-18-16-14-12-10-8-6-4-2/h3-58H2,1-2H3,(H,61,63)(H,62,64). The van der Waals surface area contributed by atoms with Crippen LogP contribution in [0.5, 0.6) is 0 Å². The first kappa shape index (κ1) is 62.9. The molecule has 4 heteroatoms. The van der Waals surface area contributed by atoms with Crippen LogP contribution < -0.4 is 10.6 Å². The lowest BCUT2D eigenvalue weighted by Gasteiger charge is -2.07. The second-order valence-electron chi connectivity index (χ2n) is 20.9. The summed E-state index contributed by atoms with van der Waals surface area (Å²) in [6.07, 6.45) is 72.9. The zero-order valence-electron chi connectivity index (χ0n) is 44.4. The van der Waals surface area contributed by atoms with Crippen LogP contribution >= 0.6 is 0 Å². The molecule has 0 saturated heterocycles. The van der Waals surface area contributed by atoms with Crippen molar-refractivity contribution in [1.82, 2.24) is 10.6 Å². The number of amides is 2. The predicted octanol–water partition coefficient (Wildman–Crippen LogP) is 20.3. The molecule has 0 aromatic heterocycles. The summed E-state index contributed by atoms with van der Waals surface area (Å²) >= 11 is 0. The minimum atomic E-state index is 0.245. The van der Waals surface area contributed by atoms with Gasteiger partial charge in [-0.2, -0.15) is 0 Å². The molecule has 0 unspecified atom stereocenters. The Morgan fingerprint density at radius 2 is 0.344 bits per heavy atom. The van der Waals surface area contributed by atoms with E-state index in [0.29, 0.717) is 12.8 Å². The van der Waals surface area contributed by atoms with E-state index in [0.717, 1.165) is 38.8 Å². The van der Waals surface area contributed by atoms with Crippen molar-refractivity contribution in [2.75, 3.05) is 13.1 Å². The molecule has 4 nitrogen and oxygen atoms in total. The highest BCUT2D eigenvalue weighted by Gasteiger charge is 2.03. The lowest BCUT2D eigenvalue weighted by atomic mass is 10.0. The molecule has 0 aromatic rings. The lowest BCUT2D eigenvalue weighted by Crippen LogP contribution is -2.24. The number of nitrogens with one attached hydrogen (secondary N) is 2. The Hall–Kier alpha value is -1.06. The molecule has 64 heavy (non-hydrogen) atoms. The van der Waals surface area contributed by atoms with E-state index in [1.807, 2.05) is 0 Å². The van der Waals surface area contributed by atoms with Crippen LogP contribution in [0.3, 0.4) is 0 Å². The number of carbonyl (C=O) groups is 2. The van der Waals surface area contributed by atoms with Gasteiger partial charge < -0.3 is 10.6 Å². The average Bonchev–Trinajstić information content (AvgIpc) is 3.30. The van der Waals surface area contributed by atoms with Crippen LogP contribution in [0.4, 0.5) is 0 Å². The van der Waals surface area contributed by atoms with Crippen LogP contribution in [0, 0.1) is 0 Å². The molecule has 0 bridgehead atoms. The summed E-state index contributed by atoms with van der Waals surface area (Å²) in [4.78, 5) is 24.4. The van der Waals surface area contributed by atoms with E-state index in [2.05, 4.69) is 24.5 Å². The predicted molar refractivity (Wildman–Crippen MR) is 287 cm³/mol. The topological polar surface area (TPSA) is 58.2 Å². The molecule has 2 N–H and O–H groups in total. The van der Waals surface area contributed by atoms with Crippen molar-refractivity contribution in [3.63, 3.8) is 0 Å². The molecule has 0 aliphatic carbocycles. The third-order valence-corrected chi connectivity index (χ3v) is 14.3. The largest absolute Gasteiger partial charge is 0.356 e. The Kier molecular flexibility index (Phi) is 57.1. The van der Waals surface area contributed by atoms with Crippen molar-refractivity contribution in [3.05, 3.63) is 0 Å². The van der Waals surface area contributed by atoms with E-state index in [4.69, 9.17) is 0 Å². The molecule has 0 spiro atoms. The maximum absolute atomic E-state index is 12.2. The molecular weight excluding hydrogens is 781 g/mol. The number of hydrogen-bond acceptors (Lipinski definition) is 2. The van der Waals surface area contributed by atoms with Gasteiger partial charge in [0.1, 0.15) is 0 Å². The Bertz CT molecular complexity index is 806. The van der Waals surface area contributed by atoms with Gasteiger partial charge in [-0.15, -0.1) is 0 Å². The zero-order valence-corrected chi connectivity index (χ0v) is 44.4. The summed E-state index contributed by atoms with van der Waals surface area (Å²) < 4.78 is 0. The third kappa shape index (κ3) is 57.1. The molecule has 0 radical (unpaired) electrons. The van der Waals surface area contributed by atoms with E-state index in [1.54, 1.807) is 0 Å². The number of hydrogen-bond donors (Lipinski definition) is 2. The van der Waals surface area contributed by atoms with Crippen molar-refractivity contribution in [3.8, 4) is 0 Å². The molecule has 0 aliphatic heterocycles. The summed E-state index contributed by atoms with van der Waals surface area (Å²) in [6.45, 7) is 6.26. The molecule has 0 aliphatic rings. The molecule has 0 aromatic carbocycles. The van der Waals surface area contributed by atoms with Crippen LogP contribution in [0.15, 0.2) is 0 Å². The Labute approximate surface area is 404 Å². The number of carbonyl (C=O) groups excluding carboxylic acids is 2. The van der Waals surface area contributed by atoms with Crippen molar-refractivity contribution in [1.29, 1.82) is 0 Å². The van der Waals surface area contributed by atoms with Crippen LogP contribution in [0.1, 0.15) is 361 Å². The average molecular weight is 902 g/mol. The number of unbranched alkanes of at least 4 members (excludes halogenated alkanes) is 49.